The van der Waals surface area contributed by atoms with Crippen molar-refractivity contribution in [1.82, 2.24) is 4.90 Å². The molecule has 0 saturated heterocycles. The largest absolute Gasteiger partial charge is 0.334 e. The smallest absolute Gasteiger partial charge is 0.294 e. The van der Waals surface area contributed by atoms with E-state index in [4.69, 9.17) is 0 Å². The Kier molecular flexibility index (Phi) is 5.50. The molecule has 2 aromatic carbocycles. The maximum Gasteiger partial charge on any atom is 0.294 e. The molecule has 1 amide bonds. The lowest BCUT2D eigenvalue weighted by Crippen LogP contribution is -2.45. The number of hydrogen-bond acceptors (Lipinski definition) is 2. The third-order valence-corrected chi connectivity index (χ3v) is 4.73. The van der Waals surface area contributed by atoms with Crippen LogP contribution in [0.2, 0.25) is 19.6 Å². The Labute approximate surface area is 139 Å². The predicted molar refractivity (Wildman–Crippen MR) is 96.0 cm³/mol. The molecular weight excluding hydrogens is 302 g/mol. The van der Waals surface area contributed by atoms with Gasteiger partial charge in [-0.05, 0) is 5.56 Å². The number of hydrogen-bond donors (Lipinski definition) is 0. The van der Waals surface area contributed by atoms with E-state index in [-0.39, 0.29) is 0 Å². The number of rotatable bonds is 6. The highest BCUT2D eigenvalue weighted by atomic mass is 28.3. The minimum atomic E-state index is -1.53. The summed E-state index contributed by atoms with van der Waals surface area (Å²) in [6, 6.07) is 18.6. The Balaban J connectivity index is 2.22. The predicted octanol–water partition coefficient (Wildman–Crippen LogP) is 3.78. The molecule has 0 bridgehead atoms. The van der Waals surface area contributed by atoms with E-state index >= 15 is 0 Å². The van der Waals surface area contributed by atoms with Gasteiger partial charge in [-0.25, -0.2) is 0 Å². The first-order chi connectivity index (χ1) is 10.9. The Morgan fingerprint density at radius 3 is 1.91 bits per heavy atom. The summed E-state index contributed by atoms with van der Waals surface area (Å²) in [6.45, 7) is 7.07. The van der Waals surface area contributed by atoms with Gasteiger partial charge < -0.3 is 4.90 Å². The van der Waals surface area contributed by atoms with Crippen molar-refractivity contribution in [2.24, 2.45) is 0 Å². The first-order valence-corrected chi connectivity index (χ1v) is 11.5. The number of ketones is 1. The fraction of sp³-hybridized carbons (Fsp3) is 0.263. The van der Waals surface area contributed by atoms with Gasteiger partial charge in [0.25, 0.3) is 5.91 Å². The lowest BCUT2D eigenvalue weighted by Gasteiger charge is -2.28. The minimum absolute atomic E-state index is 0.414. The molecule has 2 aromatic rings. The summed E-state index contributed by atoms with van der Waals surface area (Å²) in [4.78, 5) is 26.9. The highest BCUT2D eigenvalue weighted by Gasteiger charge is 2.27. The highest BCUT2D eigenvalue weighted by molar-refractivity contribution is 6.76. The zero-order valence-electron chi connectivity index (χ0n) is 14.0. The lowest BCUT2D eigenvalue weighted by atomic mass is 10.1. The topological polar surface area (TPSA) is 37.4 Å². The Morgan fingerprint density at radius 2 is 1.39 bits per heavy atom. The van der Waals surface area contributed by atoms with E-state index in [0.29, 0.717) is 18.3 Å². The number of nitrogens with zero attached hydrogens (tertiary/aromatic N) is 1. The molecule has 120 valence electrons. The van der Waals surface area contributed by atoms with E-state index in [1.165, 1.54) is 0 Å². The molecule has 0 aliphatic heterocycles. The average Bonchev–Trinajstić information content (AvgIpc) is 2.53. The van der Waals surface area contributed by atoms with Crippen molar-refractivity contribution in [3.05, 3.63) is 71.8 Å². The summed E-state index contributed by atoms with van der Waals surface area (Å²) < 4.78 is 0. The summed E-state index contributed by atoms with van der Waals surface area (Å²) in [5.41, 5.74) is 1.49. The van der Waals surface area contributed by atoms with Crippen LogP contribution in [0, 0.1) is 0 Å². The summed E-state index contributed by atoms with van der Waals surface area (Å²) in [5.74, 6) is -0.845. The highest BCUT2D eigenvalue weighted by Crippen LogP contribution is 2.12. The monoisotopic (exact) mass is 325 g/mol. The van der Waals surface area contributed by atoms with Crippen molar-refractivity contribution >= 4 is 19.8 Å². The van der Waals surface area contributed by atoms with Gasteiger partial charge in [0, 0.05) is 18.3 Å². The maximum atomic E-state index is 12.7. The second-order valence-corrected chi connectivity index (χ2v) is 12.3. The number of carbonyl (C=O) groups is 2. The van der Waals surface area contributed by atoms with Crippen LogP contribution in [0.15, 0.2) is 60.7 Å². The van der Waals surface area contributed by atoms with Gasteiger partial charge in [0.15, 0.2) is 0 Å². The molecule has 0 atom stereocenters. The van der Waals surface area contributed by atoms with E-state index in [0.717, 1.165) is 5.56 Å². The molecule has 0 aliphatic carbocycles. The Morgan fingerprint density at radius 1 is 0.870 bits per heavy atom. The van der Waals surface area contributed by atoms with Gasteiger partial charge in [0.1, 0.15) is 0 Å². The molecule has 0 fully saturated rings. The zero-order chi connectivity index (χ0) is 16.9. The molecule has 0 spiro atoms. The van der Waals surface area contributed by atoms with Crippen LogP contribution in [-0.2, 0) is 11.3 Å². The third kappa shape index (κ3) is 5.18. The van der Waals surface area contributed by atoms with Crippen LogP contribution >= 0.6 is 0 Å². The summed E-state index contributed by atoms with van der Waals surface area (Å²) in [7, 11) is -1.53. The van der Waals surface area contributed by atoms with Gasteiger partial charge in [-0.3, -0.25) is 9.59 Å². The molecule has 4 heteroatoms. The van der Waals surface area contributed by atoms with Crippen molar-refractivity contribution in [3.8, 4) is 0 Å². The van der Waals surface area contributed by atoms with Crippen LogP contribution in [0.25, 0.3) is 0 Å². The maximum absolute atomic E-state index is 12.7. The fourth-order valence-electron chi connectivity index (χ4n) is 2.43. The van der Waals surface area contributed by atoms with Gasteiger partial charge in [-0.15, -0.1) is 0 Å². The molecule has 0 aromatic heterocycles. The van der Waals surface area contributed by atoms with E-state index in [1.54, 1.807) is 29.2 Å². The van der Waals surface area contributed by atoms with Crippen molar-refractivity contribution in [2.45, 2.75) is 26.2 Å². The number of Topliss-reactive ketones (excluding diaryl/α,β-unsaturated/α-hetero) is 1. The van der Waals surface area contributed by atoms with Gasteiger partial charge in [-0.2, -0.15) is 0 Å². The average molecular weight is 325 g/mol. The molecule has 0 radical (unpaired) electrons. The fourth-order valence-corrected chi connectivity index (χ4v) is 3.83. The van der Waals surface area contributed by atoms with E-state index in [9.17, 15) is 9.59 Å². The van der Waals surface area contributed by atoms with E-state index in [2.05, 4.69) is 19.6 Å². The molecule has 3 nitrogen and oxygen atoms in total. The van der Waals surface area contributed by atoms with Crippen LogP contribution in [-0.4, -0.2) is 30.8 Å². The molecule has 0 N–H and O–H groups in total. The van der Waals surface area contributed by atoms with Crippen LogP contribution in [0.1, 0.15) is 15.9 Å². The summed E-state index contributed by atoms with van der Waals surface area (Å²) in [6.07, 6.45) is 0.666. The van der Waals surface area contributed by atoms with Gasteiger partial charge >= 0.3 is 0 Å². The first-order valence-electron chi connectivity index (χ1n) is 7.79. The van der Waals surface area contributed by atoms with Crippen LogP contribution in [0.4, 0.5) is 0 Å². The van der Waals surface area contributed by atoms with E-state index < -0.39 is 19.8 Å². The molecule has 0 unspecified atom stereocenters. The summed E-state index contributed by atoms with van der Waals surface area (Å²) in [5, 5.41) is 0. The Bertz CT molecular complexity index is 663. The third-order valence-electron chi connectivity index (χ3n) is 3.40. The van der Waals surface area contributed by atoms with Crippen molar-refractivity contribution in [1.29, 1.82) is 0 Å². The number of carbonyl (C=O) groups excluding carboxylic acids is 2. The quantitative estimate of drug-likeness (QED) is 0.460. The van der Waals surface area contributed by atoms with Crippen molar-refractivity contribution in [2.75, 3.05) is 6.17 Å². The minimum Gasteiger partial charge on any atom is -0.334 e. The second kappa shape index (κ2) is 7.37. The summed E-state index contributed by atoms with van der Waals surface area (Å²) >= 11 is 0. The number of benzene rings is 2. The van der Waals surface area contributed by atoms with Crippen LogP contribution in [0.3, 0.4) is 0 Å². The number of amides is 1. The first kappa shape index (κ1) is 17.2. The molecule has 0 heterocycles. The van der Waals surface area contributed by atoms with Crippen molar-refractivity contribution < 1.29 is 9.59 Å². The van der Waals surface area contributed by atoms with Crippen molar-refractivity contribution in [3.63, 3.8) is 0 Å². The van der Waals surface area contributed by atoms with Crippen LogP contribution in [0.5, 0.6) is 0 Å². The molecule has 0 saturated carbocycles. The van der Waals surface area contributed by atoms with E-state index in [1.807, 2.05) is 36.4 Å². The van der Waals surface area contributed by atoms with Gasteiger partial charge in [0.2, 0.25) is 5.78 Å². The standard InChI is InChI=1S/C19H23NO2Si/c1-23(2,3)15-20(14-16-10-6-4-7-11-16)19(22)18(21)17-12-8-5-9-13-17/h4-13H,14-15H2,1-3H3. The van der Waals surface area contributed by atoms with Gasteiger partial charge in [-0.1, -0.05) is 80.3 Å². The molecular formula is C19H23NO2Si. The van der Waals surface area contributed by atoms with Gasteiger partial charge in [0.05, 0.1) is 8.07 Å². The Hall–Kier alpha value is -2.20. The molecule has 23 heavy (non-hydrogen) atoms. The lowest BCUT2D eigenvalue weighted by molar-refractivity contribution is -0.126. The molecule has 2 rings (SSSR count). The van der Waals surface area contributed by atoms with Crippen LogP contribution < -0.4 is 0 Å². The second-order valence-electron chi connectivity index (χ2n) is 6.90. The SMILES string of the molecule is C[Si](C)(C)CN(Cc1ccccc1)C(=O)C(=O)c1ccccc1. The zero-order valence-corrected chi connectivity index (χ0v) is 15.0. The molecule has 0 aliphatic rings. The normalized spacial score (nSPS) is 11.1.